The largest absolute Gasteiger partial charge is 0.402 e. The number of nitrogens with zero attached hydrogens (tertiary/aromatic N) is 1. The molecule has 15 heavy (non-hydrogen) atoms. The predicted molar refractivity (Wildman–Crippen MR) is 46.7 cm³/mol. The van der Waals surface area contributed by atoms with Crippen LogP contribution in [-0.2, 0) is 17.1 Å². The molecule has 0 radical (unpaired) electrons. The number of rotatable bonds is 3. The van der Waals surface area contributed by atoms with Crippen molar-refractivity contribution in [1.29, 1.82) is 0 Å². The summed E-state index contributed by atoms with van der Waals surface area (Å²) in [6.07, 6.45) is -1.90. The highest BCUT2D eigenvalue weighted by molar-refractivity contribution is 7.89. The number of hydrogen-bond acceptors (Lipinski definition) is 2. The van der Waals surface area contributed by atoms with E-state index in [0.717, 1.165) is 0 Å². The van der Waals surface area contributed by atoms with Crippen LogP contribution in [0.5, 0.6) is 0 Å². The molecule has 0 aliphatic rings. The van der Waals surface area contributed by atoms with Crippen molar-refractivity contribution in [3.05, 3.63) is 18.5 Å². The zero-order valence-electron chi connectivity index (χ0n) is 7.75. The standard InChI is InChI=1S/C7H9F3N2O2S/c1-12-3-2-6(4-12)15(13,14)11-5-7(8,9)10/h2-4,11H,5H2,1H3. The Labute approximate surface area is 84.8 Å². The van der Waals surface area contributed by atoms with E-state index in [1.165, 1.54) is 27.7 Å². The maximum Gasteiger partial charge on any atom is 0.402 e. The van der Waals surface area contributed by atoms with Crippen LogP contribution in [0.2, 0.25) is 0 Å². The Morgan fingerprint density at radius 3 is 2.47 bits per heavy atom. The Hall–Kier alpha value is -1.02. The highest BCUT2D eigenvalue weighted by Crippen LogP contribution is 2.15. The van der Waals surface area contributed by atoms with Gasteiger partial charge in [0.2, 0.25) is 10.0 Å². The minimum atomic E-state index is -4.55. The van der Waals surface area contributed by atoms with Gasteiger partial charge >= 0.3 is 6.18 Å². The Morgan fingerprint density at radius 1 is 1.47 bits per heavy atom. The molecule has 1 rings (SSSR count). The lowest BCUT2D eigenvalue weighted by Crippen LogP contribution is -2.33. The monoisotopic (exact) mass is 242 g/mol. The first-order valence-corrected chi connectivity index (χ1v) is 5.37. The van der Waals surface area contributed by atoms with Gasteiger partial charge in [-0.2, -0.15) is 13.2 Å². The lowest BCUT2D eigenvalue weighted by Gasteiger charge is -2.07. The normalized spacial score (nSPS) is 13.1. The van der Waals surface area contributed by atoms with Crippen molar-refractivity contribution < 1.29 is 21.6 Å². The zero-order valence-corrected chi connectivity index (χ0v) is 8.56. The molecule has 0 aromatic carbocycles. The molecule has 0 fully saturated rings. The molecule has 86 valence electrons. The molecule has 1 aromatic heterocycles. The minimum absolute atomic E-state index is 0.186. The average molecular weight is 242 g/mol. The first-order chi connectivity index (χ1) is 6.71. The van der Waals surface area contributed by atoms with Gasteiger partial charge in [-0.1, -0.05) is 0 Å². The lowest BCUT2D eigenvalue weighted by molar-refractivity contribution is -0.121. The summed E-state index contributed by atoms with van der Waals surface area (Å²) in [6, 6.07) is 1.22. The first kappa shape index (κ1) is 12.1. The molecule has 0 saturated carbocycles. The fourth-order valence-electron chi connectivity index (χ4n) is 0.897. The molecule has 1 heterocycles. The third-order valence-electron chi connectivity index (χ3n) is 1.58. The van der Waals surface area contributed by atoms with Crippen molar-refractivity contribution in [3.8, 4) is 0 Å². The van der Waals surface area contributed by atoms with Gasteiger partial charge in [-0.25, -0.2) is 13.1 Å². The zero-order chi connectivity index (χ0) is 11.7. The smallest absolute Gasteiger partial charge is 0.356 e. The average Bonchev–Trinajstić information content (AvgIpc) is 2.48. The predicted octanol–water partition coefficient (Wildman–Crippen LogP) is 0.866. The lowest BCUT2D eigenvalue weighted by atomic mass is 10.7. The molecule has 0 atom stereocenters. The maximum atomic E-state index is 11.8. The van der Waals surface area contributed by atoms with Crippen molar-refractivity contribution in [1.82, 2.24) is 9.29 Å². The van der Waals surface area contributed by atoms with Crippen molar-refractivity contribution in [2.24, 2.45) is 7.05 Å². The third kappa shape index (κ3) is 3.56. The molecule has 0 unspecified atom stereocenters. The van der Waals surface area contributed by atoms with E-state index >= 15 is 0 Å². The van der Waals surface area contributed by atoms with E-state index in [0.29, 0.717) is 0 Å². The van der Waals surface area contributed by atoms with Gasteiger partial charge in [0.1, 0.15) is 6.54 Å². The Morgan fingerprint density at radius 2 is 2.07 bits per heavy atom. The number of halogens is 3. The second-order valence-corrected chi connectivity index (χ2v) is 4.72. The second kappa shape index (κ2) is 3.86. The molecular formula is C7H9F3N2O2S. The molecule has 8 heteroatoms. The molecule has 4 nitrogen and oxygen atoms in total. The number of alkyl halides is 3. The van der Waals surface area contributed by atoms with E-state index in [9.17, 15) is 21.6 Å². The van der Waals surface area contributed by atoms with Crippen LogP contribution in [0.25, 0.3) is 0 Å². The van der Waals surface area contributed by atoms with Gasteiger partial charge < -0.3 is 4.57 Å². The molecular weight excluding hydrogens is 233 g/mol. The number of aromatic nitrogens is 1. The number of aryl methyl sites for hydroxylation is 1. The second-order valence-electron chi connectivity index (χ2n) is 2.95. The van der Waals surface area contributed by atoms with E-state index in [2.05, 4.69) is 0 Å². The summed E-state index contributed by atoms with van der Waals surface area (Å²) >= 11 is 0. The first-order valence-electron chi connectivity index (χ1n) is 3.89. The van der Waals surface area contributed by atoms with Crippen LogP contribution in [0, 0.1) is 0 Å². The summed E-state index contributed by atoms with van der Waals surface area (Å²) in [4.78, 5) is -0.186. The quantitative estimate of drug-likeness (QED) is 0.854. The topological polar surface area (TPSA) is 51.1 Å². The highest BCUT2D eigenvalue weighted by Gasteiger charge is 2.30. The van der Waals surface area contributed by atoms with Gasteiger partial charge in [-0.05, 0) is 6.07 Å². The van der Waals surface area contributed by atoms with Crippen LogP contribution >= 0.6 is 0 Å². The van der Waals surface area contributed by atoms with Crippen LogP contribution in [-0.4, -0.2) is 25.7 Å². The van der Waals surface area contributed by atoms with Crippen molar-refractivity contribution >= 4 is 10.0 Å². The molecule has 0 aliphatic carbocycles. The summed E-state index contributed by atoms with van der Waals surface area (Å²) in [5, 5.41) is 0. The number of sulfonamides is 1. The fraction of sp³-hybridized carbons (Fsp3) is 0.429. The molecule has 0 aliphatic heterocycles. The minimum Gasteiger partial charge on any atom is -0.356 e. The Kier molecular flexibility index (Phi) is 3.10. The summed E-state index contributed by atoms with van der Waals surface area (Å²) in [5.41, 5.74) is 0. The van der Waals surface area contributed by atoms with E-state index in [1.807, 2.05) is 0 Å². The van der Waals surface area contributed by atoms with Gasteiger partial charge in [-0.3, -0.25) is 0 Å². The molecule has 0 bridgehead atoms. The summed E-state index contributed by atoms with van der Waals surface area (Å²) < 4.78 is 60.8. The van der Waals surface area contributed by atoms with Crippen molar-refractivity contribution in [2.75, 3.05) is 6.54 Å². The van der Waals surface area contributed by atoms with Crippen LogP contribution in [0.4, 0.5) is 13.2 Å². The number of hydrogen-bond donors (Lipinski definition) is 1. The van der Waals surface area contributed by atoms with Gasteiger partial charge in [0.05, 0.1) is 4.90 Å². The van der Waals surface area contributed by atoms with Gasteiger partial charge in [0.15, 0.2) is 0 Å². The van der Waals surface area contributed by atoms with E-state index in [4.69, 9.17) is 0 Å². The number of nitrogens with one attached hydrogen (secondary N) is 1. The Bertz CT molecular complexity index is 435. The van der Waals surface area contributed by atoms with Gasteiger partial charge in [-0.15, -0.1) is 0 Å². The van der Waals surface area contributed by atoms with Crippen molar-refractivity contribution in [3.63, 3.8) is 0 Å². The van der Waals surface area contributed by atoms with Crippen molar-refractivity contribution in [2.45, 2.75) is 11.1 Å². The summed E-state index contributed by atoms with van der Waals surface area (Å²) in [6.45, 7) is -1.57. The molecule has 0 spiro atoms. The highest BCUT2D eigenvalue weighted by atomic mass is 32.2. The molecule has 0 saturated heterocycles. The molecule has 1 N–H and O–H groups in total. The fourth-order valence-corrected chi connectivity index (χ4v) is 1.96. The van der Waals surface area contributed by atoms with E-state index in [-0.39, 0.29) is 4.90 Å². The summed E-state index contributed by atoms with van der Waals surface area (Å²) in [7, 11) is -2.49. The molecule has 0 amide bonds. The Balaban J connectivity index is 2.77. The van der Waals surface area contributed by atoms with E-state index in [1.54, 1.807) is 7.05 Å². The van der Waals surface area contributed by atoms with Gasteiger partial charge in [0.25, 0.3) is 0 Å². The van der Waals surface area contributed by atoms with Crippen LogP contribution in [0.1, 0.15) is 0 Å². The van der Waals surface area contributed by atoms with Gasteiger partial charge in [0, 0.05) is 19.4 Å². The van der Waals surface area contributed by atoms with Crippen LogP contribution < -0.4 is 4.72 Å². The van der Waals surface area contributed by atoms with Crippen LogP contribution in [0.3, 0.4) is 0 Å². The van der Waals surface area contributed by atoms with Crippen LogP contribution in [0.15, 0.2) is 23.4 Å². The summed E-state index contributed by atoms with van der Waals surface area (Å²) in [5.74, 6) is 0. The molecule has 1 aromatic rings. The maximum absolute atomic E-state index is 11.8. The van der Waals surface area contributed by atoms with E-state index < -0.39 is 22.7 Å². The third-order valence-corrected chi connectivity index (χ3v) is 2.96. The SMILES string of the molecule is Cn1ccc(S(=O)(=O)NCC(F)(F)F)c1.